The van der Waals surface area contributed by atoms with Gasteiger partial charge in [0.1, 0.15) is 0 Å². The molecule has 0 aromatic heterocycles. The third-order valence-corrected chi connectivity index (χ3v) is 5.10. The molecule has 1 aromatic carbocycles. The van der Waals surface area contributed by atoms with Gasteiger partial charge in [0.25, 0.3) is 0 Å². The first-order valence-corrected chi connectivity index (χ1v) is 8.27. The lowest BCUT2D eigenvalue weighted by Crippen LogP contribution is -2.35. The Kier molecular flexibility index (Phi) is 3.36. The summed E-state index contributed by atoms with van der Waals surface area (Å²) < 4.78 is 24.6. The highest BCUT2D eigenvalue weighted by molar-refractivity contribution is 9.10. The molecule has 2 rings (SSSR count). The molecule has 1 atom stereocenters. The summed E-state index contributed by atoms with van der Waals surface area (Å²) in [4.78, 5) is 0.420. The molecule has 1 aliphatic heterocycles. The van der Waals surface area contributed by atoms with E-state index in [9.17, 15) is 8.42 Å². The molecule has 1 saturated heterocycles. The zero-order valence-corrected chi connectivity index (χ0v) is 12.4. The van der Waals surface area contributed by atoms with Gasteiger partial charge < -0.3 is 5.32 Å². The summed E-state index contributed by atoms with van der Waals surface area (Å²) in [5.74, 6) is 0. The number of benzene rings is 1. The molecule has 1 N–H and O–H groups in total. The van der Waals surface area contributed by atoms with Gasteiger partial charge in [0.05, 0.1) is 4.90 Å². The molecule has 94 valence electrons. The van der Waals surface area contributed by atoms with Crippen molar-refractivity contribution in [2.45, 2.75) is 30.2 Å². The van der Waals surface area contributed by atoms with E-state index in [1.54, 1.807) is 12.1 Å². The average Bonchev–Trinajstić information content (AvgIpc) is 2.64. The van der Waals surface area contributed by atoms with Gasteiger partial charge >= 0.3 is 0 Å². The van der Waals surface area contributed by atoms with Crippen LogP contribution in [0.4, 0.5) is 0 Å². The first-order valence-electron chi connectivity index (χ1n) is 5.59. The van der Waals surface area contributed by atoms with E-state index in [0.717, 1.165) is 29.4 Å². The van der Waals surface area contributed by atoms with Gasteiger partial charge in [0.2, 0.25) is 0 Å². The van der Waals surface area contributed by atoms with Crippen LogP contribution in [-0.2, 0) is 15.4 Å². The monoisotopic (exact) mass is 317 g/mol. The van der Waals surface area contributed by atoms with Crippen molar-refractivity contribution in [3.05, 3.63) is 28.2 Å². The van der Waals surface area contributed by atoms with E-state index in [2.05, 4.69) is 28.2 Å². The van der Waals surface area contributed by atoms with Gasteiger partial charge in [0, 0.05) is 21.8 Å². The number of sulfone groups is 1. The standard InChI is InChI=1S/C12H16BrNO2S/c1-12(7-4-8-14-12)11-9(13)5-3-6-10(11)17(2,15)16/h3,5-6,14H,4,7-8H2,1-2H3. The highest BCUT2D eigenvalue weighted by Gasteiger charge is 2.35. The van der Waals surface area contributed by atoms with Crippen molar-refractivity contribution >= 4 is 25.8 Å². The molecular weight excluding hydrogens is 302 g/mol. The van der Waals surface area contributed by atoms with Crippen LogP contribution < -0.4 is 5.32 Å². The summed E-state index contributed by atoms with van der Waals surface area (Å²) in [6, 6.07) is 5.35. The zero-order valence-electron chi connectivity index (χ0n) is 9.96. The summed E-state index contributed by atoms with van der Waals surface area (Å²) in [5.41, 5.74) is 0.610. The van der Waals surface area contributed by atoms with Crippen molar-refractivity contribution in [3.63, 3.8) is 0 Å². The quantitative estimate of drug-likeness (QED) is 0.911. The number of hydrogen-bond donors (Lipinski definition) is 1. The van der Waals surface area contributed by atoms with Crippen molar-refractivity contribution in [2.24, 2.45) is 0 Å². The Morgan fingerprint density at radius 2 is 2.12 bits per heavy atom. The Hall–Kier alpha value is -0.390. The first kappa shape index (κ1) is 13.1. The van der Waals surface area contributed by atoms with E-state index in [1.807, 2.05) is 6.07 Å². The van der Waals surface area contributed by atoms with Crippen molar-refractivity contribution < 1.29 is 8.42 Å². The lowest BCUT2D eigenvalue weighted by molar-refractivity contribution is 0.423. The third-order valence-electron chi connectivity index (χ3n) is 3.30. The van der Waals surface area contributed by atoms with Crippen molar-refractivity contribution in [3.8, 4) is 0 Å². The summed E-state index contributed by atoms with van der Waals surface area (Å²) in [5, 5.41) is 3.41. The first-order chi connectivity index (χ1) is 7.84. The predicted octanol–water partition coefficient (Wildman–Crippen LogP) is 2.45. The second-order valence-electron chi connectivity index (χ2n) is 4.75. The maximum Gasteiger partial charge on any atom is 0.175 e. The van der Waals surface area contributed by atoms with E-state index in [0.29, 0.717) is 4.90 Å². The number of nitrogens with one attached hydrogen (secondary N) is 1. The molecule has 0 saturated carbocycles. The molecular formula is C12H16BrNO2S. The van der Waals surface area contributed by atoms with Crippen LogP contribution in [0.25, 0.3) is 0 Å². The van der Waals surface area contributed by atoms with Crippen LogP contribution in [-0.4, -0.2) is 21.2 Å². The minimum atomic E-state index is -3.20. The van der Waals surface area contributed by atoms with Crippen LogP contribution in [0, 0.1) is 0 Å². The van der Waals surface area contributed by atoms with Crippen molar-refractivity contribution in [1.82, 2.24) is 5.32 Å². The molecule has 1 unspecified atom stereocenters. The SMILES string of the molecule is CC1(c2c(Br)cccc2S(C)(=O)=O)CCCN1. The highest BCUT2D eigenvalue weighted by atomic mass is 79.9. The smallest absolute Gasteiger partial charge is 0.175 e. The van der Waals surface area contributed by atoms with E-state index < -0.39 is 9.84 Å². The molecule has 1 aromatic rings. The molecule has 5 heteroatoms. The lowest BCUT2D eigenvalue weighted by atomic mass is 9.90. The Morgan fingerprint density at radius 3 is 2.65 bits per heavy atom. The van der Waals surface area contributed by atoms with Crippen LogP contribution in [0.5, 0.6) is 0 Å². The Labute approximate surface area is 111 Å². The van der Waals surface area contributed by atoms with Gasteiger partial charge in [-0.25, -0.2) is 8.42 Å². The van der Waals surface area contributed by atoms with Crippen LogP contribution in [0.3, 0.4) is 0 Å². The Morgan fingerprint density at radius 1 is 1.41 bits per heavy atom. The fourth-order valence-electron chi connectivity index (χ4n) is 2.46. The molecule has 0 spiro atoms. The summed E-state index contributed by atoms with van der Waals surface area (Å²) in [6.07, 6.45) is 3.29. The molecule has 0 radical (unpaired) electrons. The van der Waals surface area contributed by atoms with Gasteiger partial charge in [-0.2, -0.15) is 0 Å². The van der Waals surface area contributed by atoms with Crippen molar-refractivity contribution in [2.75, 3.05) is 12.8 Å². The number of rotatable bonds is 2. The minimum absolute atomic E-state index is 0.251. The predicted molar refractivity (Wildman–Crippen MR) is 71.8 cm³/mol. The maximum absolute atomic E-state index is 11.9. The zero-order chi connectivity index (χ0) is 12.7. The van der Waals surface area contributed by atoms with Gasteiger partial charge in [-0.15, -0.1) is 0 Å². The second-order valence-corrected chi connectivity index (χ2v) is 7.59. The molecule has 0 aliphatic carbocycles. The van der Waals surface area contributed by atoms with Crippen LogP contribution >= 0.6 is 15.9 Å². The minimum Gasteiger partial charge on any atom is -0.308 e. The number of hydrogen-bond acceptors (Lipinski definition) is 3. The Balaban J connectivity index is 2.67. The van der Waals surface area contributed by atoms with Crippen LogP contribution in [0.15, 0.2) is 27.6 Å². The topological polar surface area (TPSA) is 46.2 Å². The maximum atomic E-state index is 11.9. The van der Waals surface area contributed by atoms with E-state index >= 15 is 0 Å². The summed E-state index contributed by atoms with van der Waals surface area (Å²) in [6.45, 7) is 3.00. The second kappa shape index (κ2) is 4.37. The van der Waals surface area contributed by atoms with Gasteiger partial charge in [-0.05, 0) is 38.4 Å². The molecule has 1 fully saturated rings. The normalized spacial score (nSPS) is 25.1. The molecule has 1 heterocycles. The molecule has 17 heavy (non-hydrogen) atoms. The Bertz CT molecular complexity index is 533. The molecule has 1 aliphatic rings. The van der Waals surface area contributed by atoms with Crippen LogP contribution in [0.1, 0.15) is 25.3 Å². The lowest BCUT2D eigenvalue weighted by Gasteiger charge is -2.28. The fraction of sp³-hybridized carbons (Fsp3) is 0.500. The summed E-state index contributed by atoms with van der Waals surface area (Å²) >= 11 is 3.48. The average molecular weight is 318 g/mol. The van der Waals surface area contributed by atoms with Gasteiger partial charge in [0.15, 0.2) is 9.84 Å². The third kappa shape index (κ3) is 2.41. The largest absolute Gasteiger partial charge is 0.308 e. The summed E-state index contributed by atoms with van der Waals surface area (Å²) in [7, 11) is -3.20. The van der Waals surface area contributed by atoms with E-state index in [4.69, 9.17) is 0 Å². The van der Waals surface area contributed by atoms with Crippen molar-refractivity contribution in [1.29, 1.82) is 0 Å². The van der Waals surface area contributed by atoms with E-state index in [-0.39, 0.29) is 5.54 Å². The molecule has 3 nitrogen and oxygen atoms in total. The van der Waals surface area contributed by atoms with Gasteiger partial charge in [-0.3, -0.25) is 0 Å². The van der Waals surface area contributed by atoms with Crippen LogP contribution in [0.2, 0.25) is 0 Å². The molecule has 0 bridgehead atoms. The number of halogens is 1. The van der Waals surface area contributed by atoms with Gasteiger partial charge in [-0.1, -0.05) is 22.0 Å². The molecule has 0 amide bonds. The fourth-order valence-corrected chi connectivity index (χ4v) is 4.42. The van der Waals surface area contributed by atoms with E-state index in [1.165, 1.54) is 6.26 Å². The highest BCUT2D eigenvalue weighted by Crippen LogP contribution is 2.38.